The van der Waals surface area contributed by atoms with Gasteiger partial charge in [-0.3, -0.25) is 0 Å². The van der Waals surface area contributed by atoms with E-state index in [-0.39, 0.29) is 11.1 Å². The van der Waals surface area contributed by atoms with Gasteiger partial charge in [0.15, 0.2) is 0 Å². The first-order chi connectivity index (χ1) is 7.99. The fourth-order valence-electron chi connectivity index (χ4n) is 1.62. The molecule has 0 aromatic heterocycles. The topological polar surface area (TPSA) is 63.6 Å². The molecule has 0 saturated heterocycles. The number of aryl methyl sites for hydroxylation is 2. The molecule has 17 heavy (non-hydrogen) atoms. The number of carboxylic acids is 1. The van der Waals surface area contributed by atoms with E-state index in [1.165, 1.54) is 0 Å². The van der Waals surface area contributed by atoms with E-state index in [1.54, 1.807) is 26.0 Å². The summed E-state index contributed by atoms with van der Waals surface area (Å²) in [5.74, 6) is -1.67. The van der Waals surface area contributed by atoms with E-state index in [2.05, 4.69) is 0 Å². The van der Waals surface area contributed by atoms with E-state index in [0.29, 0.717) is 24.2 Å². The molecule has 0 atom stereocenters. The molecule has 1 rings (SSSR count). The number of hydrogen-bond donors (Lipinski definition) is 1. The normalized spacial score (nSPS) is 10.1. The lowest BCUT2D eigenvalue weighted by Crippen LogP contribution is -2.15. The number of carbonyl (C=O) groups is 2. The summed E-state index contributed by atoms with van der Waals surface area (Å²) in [6.07, 6.45) is 0.707. The van der Waals surface area contributed by atoms with E-state index >= 15 is 0 Å². The van der Waals surface area contributed by atoms with Crippen LogP contribution in [0.2, 0.25) is 0 Å². The molecular weight excluding hydrogens is 220 g/mol. The molecule has 92 valence electrons. The largest absolute Gasteiger partial charge is 0.478 e. The van der Waals surface area contributed by atoms with Gasteiger partial charge < -0.3 is 9.84 Å². The lowest BCUT2D eigenvalue weighted by Gasteiger charge is -2.11. The Morgan fingerprint density at radius 3 is 2.18 bits per heavy atom. The van der Waals surface area contributed by atoms with Crippen LogP contribution < -0.4 is 0 Å². The molecule has 1 aromatic rings. The summed E-state index contributed by atoms with van der Waals surface area (Å²) in [4.78, 5) is 23.0. The van der Waals surface area contributed by atoms with Crippen molar-refractivity contribution >= 4 is 11.9 Å². The van der Waals surface area contributed by atoms with E-state index < -0.39 is 11.9 Å². The van der Waals surface area contributed by atoms with Crippen molar-refractivity contribution in [2.75, 3.05) is 6.61 Å². The second-order valence-electron chi connectivity index (χ2n) is 3.89. The highest BCUT2D eigenvalue weighted by atomic mass is 16.5. The summed E-state index contributed by atoms with van der Waals surface area (Å²) in [5.41, 5.74) is 1.37. The smallest absolute Gasteiger partial charge is 0.339 e. The highest BCUT2D eigenvalue weighted by Gasteiger charge is 2.22. The van der Waals surface area contributed by atoms with Gasteiger partial charge in [-0.1, -0.05) is 19.1 Å². The molecule has 1 N–H and O–H groups in total. The van der Waals surface area contributed by atoms with Gasteiger partial charge in [0.2, 0.25) is 0 Å². The van der Waals surface area contributed by atoms with Crippen molar-refractivity contribution in [3.8, 4) is 0 Å². The van der Waals surface area contributed by atoms with Gasteiger partial charge in [-0.25, -0.2) is 9.59 Å². The molecule has 0 aliphatic carbocycles. The van der Waals surface area contributed by atoms with Gasteiger partial charge in [-0.15, -0.1) is 0 Å². The predicted molar refractivity (Wildman–Crippen MR) is 63.4 cm³/mol. The summed E-state index contributed by atoms with van der Waals surface area (Å²) in [6.45, 7) is 5.55. The number of esters is 1. The Morgan fingerprint density at radius 2 is 1.71 bits per heavy atom. The zero-order chi connectivity index (χ0) is 13.0. The molecule has 0 unspecified atom stereocenters. The maximum absolute atomic E-state index is 11.8. The SMILES string of the molecule is CCCOC(=O)c1c(C)ccc(C)c1C(=O)O. The van der Waals surface area contributed by atoms with Crippen molar-refractivity contribution in [1.29, 1.82) is 0 Å². The van der Waals surface area contributed by atoms with Crippen LogP contribution in [0.3, 0.4) is 0 Å². The minimum absolute atomic E-state index is 0.0334. The van der Waals surface area contributed by atoms with E-state index in [9.17, 15) is 9.59 Å². The third-order valence-electron chi connectivity index (χ3n) is 2.48. The van der Waals surface area contributed by atoms with Crippen LogP contribution in [-0.4, -0.2) is 23.7 Å². The lowest BCUT2D eigenvalue weighted by atomic mass is 9.97. The third-order valence-corrected chi connectivity index (χ3v) is 2.48. The molecule has 1 aromatic carbocycles. The molecule has 0 heterocycles. The number of benzene rings is 1. The number of ether oxygens (including phenoxy) is 1. The average molecular weight is 236 g/mol. The second-order valence-corrected chi connectivity index (χ2v) is 3.89. The molecule has 0 aliphatic heterocycles. The van der Waals surface area contributed by atoms with Gasteiger partial charge in [0.1, 0.15) is 0 Å². The standard InChI is InChI=1S/C13H16O4/c1-4-7-17-13(16)11-9(3)6-5-8(2)10(11)12(14)15/h5-6H,4,7H2,1-3H3,(H,14,15). The van der Waals surface area contributed by atoms with Gasteiger partial charge in [-0.2, -0.15) is 0 Å². The molecule has 0 spiro atoms. The van der Waals surface area contributed by atoms with Crippen LogP contribution in [-0.2, 0) is 4.74 Å². The zero-order valence-electron chi connectivity index (χ0n) is 10.2. The average Bonchev–Trinajstić information content (AvgIpc) is 2.28. The summed E-state index contributed by atoms with van der Waals surface area (Å²) in [7, 11) is 0. The summed E-state index contributed by atoms with van der Waals surface area (Å²) in [6, 6.07) is 3.42. The maximum atomic E-state index is 11.8. The van der Waals surface area contributed by atoms with Crippen LogP contribution in [0.5, 0.6) is 0 Å². The Morgan fingerprint density at radius 1 is 1.18 bits per heavy atom. The van der Waals surface area contributed by atoms with Crippen molar-refractivity contribution in [2.45, 2.75) is 27.2 Å². The van der Waals surface area contributed by atoms with Gasteiger partial charge in [-0.05, 0) is 31.4 Å². The summed E-state index contributed by atoms with van der Waals surface area (Å²) < 4.78 is 5.00. The summed E-state index contributed by atoms with van der Waals surface area (Å²) >= 11 is 0. The van der Waals surface area contributed by atoms with E-state index in [4.69, 9.17) is 9.84 Å². The Hall–Kier alpha value is -1.84. The van der Waals surface area contributed by atoms with E-state index in [1.807, 2.05) is 6.92 Å². The number of hydrogen-bond acceptors (Lipinski definition) is 3. The third kappa shape index (κ3) is 2.84. The maximum Gasteiger partial charge on any atom is 0.339 e. The van der Waals surface area contributed by atoms with Crippen LogP contribution in [0.4, 0.5) is 0 Å². The summed E-state index contributed by atoms with van der Waals surface area (Å²) in [5, 5.41) is 9.14. The van der Waals surface area contributed by atoms with Crippen LogP contribution >= 0.6 is 0 Å². The number of carbonyl (C=O) groups excluding carboxylic acids is 1. The van der Waals surface area contributed by atoms with Crippen LogP contribution in [0.1, 0.15) is 45.2 Å². The van der Waals surface area contributed by atoms with Crippen LogP contribution in [0.25, 0.3) is 0 Å². The fourth-order valence-corrected chi connectivity index (χ4v) is 1.62. The minimum Gasteiger partial charge on any atom is -0.478 e. The molecule has 4 heteroatoms. The van der Waals surface area contributed by atoms with Crippen molar-refractivity contribution < 1.29 is 19.4 Å². The van der Waals surface area contributed by atoms with Crippen molar-refractivity contribution in [3.05, 3.63) is 34.4 Å². The molecule has 0 bridgehead atoms. The highest BCUT2D eigenvalue weighted by molar-refractivity contribution is 6.04. The highest BCUT2D eigenvalue weighted by Crippen LogP contribution is 2.20. The molecule has 0 fully saturated rings. The number of aromatic carboxylic acids is 1. The first-order valence-electron chi connectivity index (χ1n) is 5.49. The molecule has 4 nitrogen and oxygen atoms in total. The second kappa shape index (κ2) is 5.48. The molecule has 0 saturated carbocycles. The molecular formula is C13H16O4. The quantitative estimate of drug-likeness (QED) is 0.816. The van der Waals surface area contributed by atoms with Gasteiger partial charge in [0.25, 0.3) is 0 Å². The first kappa shape index (κ1) is 13.2. The number of carboxylic acid groups (broad SMARTS) is 1. The van der Waals surface area contributed by atoms with Gasteiger partial charge in [0.05, 0.1) is 17.7 Å². The minimum atomic E-state index is -1.10. The van der Waals surface area contributed by atoms with Crippen LogP contribution in [0, 0.1) is 13.8 Å². The van der Waals surface area contributed by atoms with Crippen molar-refractivity contribution in [1.82, 2.24) is 0 Å². The Bertz CT molecular complexity index is 449. The Kier molecular flexibility index (Phi) is 4.26. The first-order valence-corrected chi connectivity index (χ1v) is 5.49. The molecule has 0 aliphatic rings. The Labute approximate surface area is 100 Å². The molecule has 0 amide bonds. The van der Waals surface area contributed by atoms with Crippen LogP contribution in [0.15, 0.2) is 12.1 Å². The Balaban J connectivity index is 3.25. The monoisotopic (exact) mass is 236 g/mol. The van der Waals surface area contributed by atoms with Gasteiger partial charge >= 0.3 is 11.9 Å². The van der Waals surface area contributed by atoms with Crippen molar-refractivity contribution in [3.63, 3.8) is 0 Å². The predicted octanol–water partition coefficient (Wildman–Crippen LogP) is 2.57. The van der Waals surface area contributed by atoms with Gasteiger partial charge in [0, 0.05) is 0 Å². The molecule has 0 radical (unpaired) electrons. The zero-order valence-corrected chi connectivity index (χ0v) is 10.2. The van der Waals surface area contributed by atoms with Crippen molar-refractivity contribution in [2.24, 2.45) is 0 Å². The lowest BCUT2D eigenvalue weighted by molar-refractivity contribution is 0.0493. The van der Waals surface area contributed by atoms with E-state index in [0.717, 1.165) is 0 Å². The fraction of sp³-hybridized carbons (Fsp3) is 0.385. The number of rotatable bonds is 4.